The number of rotatable bonds is 4. The van der Waals surface area contributed by atoms with Crippen LogP contribution < -0.4 is 11.1 Å². The van der Waals surface area contributed by atoms with Gasteiger partial charge in [0.1, 0.15) is 0 Å². The zero-order valence-electron chi connectivity index (χ0n) is 10.9. The lowest BCUT2D eigenvalue weighted by molar-refractivity contribution is -0.137. The van der Waals surface area contributed by atoms with Gasteiger partial charge in [0.15, 0.2) is 0 Å². The number of nitrogens with one attached hydrogen (secondary N) is 1. The Hall–Kier alpha value is -0.790. The summed E-state index contributed by atoms with van der Waals surface area (Å²) >= 11 is 3.18. The molecule has 1 saturated carbocycles. The molecule has 3 atom stereocenters. The molecule has 0 spiro atoms. The van der Waals surface area contributed by atoms with Gasteiger partial charge in [0.2, 0.25) is 0 Å². The summed E-state index contributed by atoms with van der Waals surface area (Å²) in [5.74, 6) is 0. The number of hydrogen-bond acceptors (Lipinski definition) is 3. The van der Waals surface area contributed by atoms with Crippen LogP contribution in [0, 0.1) is 0 Å². The Kier molecular flexibility index (Phi) is 4.61. The summed E-state index contributed by atoms with van der Waals surface area (Å²) < 4.78 is 45.0. The molecule has 0 bridgehead atoms. The minimum absolute atomic E-state index is 0.0247. The van der Waals surface area contributed by atoms with E-state index in [4.69, 9.17) is 10.5 Å². The first-order valence-corrected chi connectivity index (χ1v) is 7.12. The summed E-state index contributed by atoms with van der Waals surface area (Å²) in [4.78, 5) is 0. The van der Waals surface area contributed by atoms with Crippen LogP contribution in [-0.2, 0) is 10.9 Å². The molecular weight excluding hydrogens is 337 g/mol. The zero-order chi connectivity index (χ0) is 14.9. The summed E-state index contributed by atoms with van der Waals surface area (Å²) in [6.45, 7) is 2.36. The Morgan fingerprint density at radius 1 is 1.45 bits per heavy atom. The van der Waals surface area contributed by atoms with Gasteiger partial charge in [-0.15, -0.1) is 0 Å². The maximum atomic E-state index is 13.0. The highest BCUT2D eigenvalue weighted by Crippen LogP contribution is 2.38. The van der Waals surface area contributed by atoms with E-state index < -0.39 is 11.7 Å². The first-order chi connectivity index (χ1) is 9.32. The number of hydrogen-bond donors (Lipinski definition) is 2. The molecule has 1 aromatic carbocycles. The Morgan fingerprint density at radius 3 is 2.70 bits per heavy atom. The van der Waals surface area contributed by atoms with Crippen LogP contribution >= 0.6 is 15.9 Å². The molecule has 1 fully saturated rings. The van der Waals surface area contributed by atoms with Gasteiger partial charge in [-0.1, -0.05) is 15.9 Å². The molecule has 0 saturated heterocycles. The van der Waals surface area contributed by atoms with Crippen LogP contribution in [0.5, 0.6) is 0 Å². The topological polar surface area (TPSA) is 47.3 Å². The van der Waals surface area contributed by atoms with Crippen LogP contribution in [0.3, 0.4) is 0 Å². The minimum atomic E-state index is -4.40. The van der Waals surface area contributed by atoms with Crippen LogP contribution in [0.4, 0.5) is 18.9 Å². The molecule has 0 aromatic heterocycles. The second kappa shape index (κ2) is 5.91. The van der Waals surface area contributed by atoms with Crippen LogP contribution in [0.15, 0.2) is 22.7 Å². The fraction of sp³-hybridized carbons (Fsp3) is 0.538. The fourth-order valence-electron chi connectivity index (χ4n) is 2.29. The Morgan fingerprint density at radius 2 is 2.15 bits per heavy atom. The predicted molar refractivity (Wildman–Crippen MR) is 74.6 cm³/mol. The molecule has 7 heteroatoms. The van der Waals surface area contributed by atoms with Crippen molar-refractivity contribution in [3.05, 3.63) is 28.2 Å². The minimum Gasteiger partial charge on any atom is -0.378 e. The highest BCUT2D eigenvalue weighted by atomic mass is 79.9. The van der Waals surface area contributed by atoms with Gasteiger partial charge >= 0.3 is 6.18 Å². The Balaban J connectivity index is 2.22. The van der Waals surface area contributed by atoms with Crippen molar-refractivity contribution in [2.24, 2.45) is 5.73 Å². The van der Waals surface area contributed by atoms with E-state index in [9.17, 15) is 13.2 Å². The quantitative estimate of drug-likeness (QED) is 0.873. The number of benzene rings is 1. The smallest absolute Gasteiger partial charge is 0.378 e. The van der Waals surface area contributed by atoms with Gasteiger partial charge in [-0.05, 0) is 31.5 Å². The van der Waals surface area contributed by atoms with Crippen LogP contribution in [0.25, 0.3) is 0 Å². The summed E-state index contributed by atoms with van der Waals surface area (Å²) in [6.07, 6.45) is -3.89. The monoisotopic (exact) mass is 352 g/mol. The maximum Gasteiger partial charge on any atom is 0.418 e. The number of halogens is 4. The average Bonchev–Trinajstić information content (AvgIpc) is 2.34. The number of nitrogens with two attached hydrogens (primary N) is 1. The number of alkyl halides is 3. The van der Waals surface area contributed by atoms with E-state index in [0.717, 1.165) is 6.07 Å². The van der Waals surface area contributed by atoms with Gasteiger partial charge < -0.3 is 15.8 Å². The molecule has 3 N–H and O–H groups in total. The number of ether oxygens (including phenoxy) is 1. The third-order valence-electron chi connectivity index (χ3n) is 3.36. The van der Waals surface area contributed by atoms with E-state index in [0.29, 0.717) is 17.5 Å². The maximum absolute atomic E-state index is 13.0. The van der Waals surface area contributed by atoms with Crippen molar-refractivity contribution in [3.8, 4) is 0 Å². The van der Waals surface area contributed by atoms with Crippen molar-refractivity contribution in [3.63, 3.8) is 0 Å². The molecule has 2 rings (SSSR count). The molecule has 0 heterocycles. The molecular formula is C13H16BrF3N2O. The summed E-state index contributed by atoms with van der Waals surface area (Å²) in [5, 5.41) is 2.88. The van der Waals surface area contributed by atoms with Crippen molar-refractivity contribution < 1.29 is 17.9 Å². The van der Waals surface area contributed by atoms with E-state index in [1.54, 1.807) is 0 Å². The van der Waals surface area contributed by atoms with Crippen molar-refractivity contribution in [2.45, 2.75) is 37.7 Å². The zero-order valence-corrected chi connectivity index (χ0v) is 12.5. The van der Waals surface area contributed by atoms with E-state index in [1.165, 1.54) is 12.1 Å². The molecule has 0 radical (unpaired) electrons. The third kappa shape index (κ3) is 3.27. The van der Waals surface area contributed by atoms with Gasteiger partial charge in [0.05, 0.1) is 17.7 Å². The van der Waals surface area contributed by atoms with Gasteiger partial charge in [-0.2, -0.15) is 13.2 Å². The van der Waals surface area contributed by atoms with Crippen molar-refractivity contribution in [2.75, 3.05) is 11.9 Å². The highest BCUT2D eigenvalue weighted by molar-refractivity contribution is 9.10. The van der Waals surface area contributed by atoms with E-state index in [2.05, 4.69) is 21.2 Å². The van der Waals surface area contributed by atoms with E-state index >= 15 is 0 Å². The molecule has 1 aliphatic carbocycles. The molecule has 0 amide bonds. The van der Waals surface area contributed by atoms with E-state index in [-0.39, 0.29) is 23.9 Å². The molecule has 112 valence electrons. The lowest BCUT2D eigenvalue weighted by atomic mass is 9.83. The predicted octanol–water partition coefficient (Wildman–Crippen LogP) is 3.38. The largest absolute Gasteiger partial charge is 0.418 e. The molecule has 3 nitrogen and oxygen atoms in total. The highest BCUT2D eigenvalue weighted by Gasteiger charge is 2.41. The second-order valence-corrected chi connectivity index (χ2v) is 5.67. The molecule has 1 aromatic rings. The van der Waals surface area contributed by atoms with E-state index in [1.807, 2.05) is 6.92 Å². The summed E-state index contributed by atoms with van der Waals surface area (Å²) in [6, 6.07) is 3.33. The van der Waals surface area contributed by atoms with Crippen molar-refractivity contribution in [1.82, 2.24) is 0 Å². The normalized spacial score (nSPS) is 26.2. The van der Waals surface area contributed by atoms with Crippen LogP contribution in [0.1, 0.15) is 18.9 Å². The molecule has 0 aliphatic heterocycles. The molecule has 20 heavy (non-hydrogen) atoms. The SMILES string of the molecule is CCOC1CC(N)C1Nc1cc(Br)ccc1C(F)(F)F. The molecule has 1 aliphatic rings. The van der Waals surface area contributed by atoms with Gasteiger partial charge in [-0.25, -0.2) is 0 Å². The second-order valence-electron chi connectivity index (χ2n) is 4.75. The lowest BCUT2D eigenvalue weighted by Gasteiger charge is -2.43. The first-order valence-electron chi connectivity index (χ1n) is 6.33. The first kappa shape index (κ1) is 15.6. The summed E-state index contributed by atoms with van der Waals surface area (Å²) in [5.41, 5.74) is 5.18. The lowest BCUT2D eigenvalue weighted by Crippen LogP contribution is -2.60. The fourth-order valence-corrected chi connectivity index (χ4v) is 2.65. The standard InChI is InChI=1S/C13H16BrF3N2O/c1-2-20-11-6-9(18)12(11)19-10-5-7(14)3-4-8(10)13(15,16)17/h3-5,9,11-12,19H,2,6,18H2,1H3. The Bertz CT molecular complexity index is 479. The molecule has 3 unspecified atom stereocenters. The van der Waals surface area contributed by atoms with Crippen molar-refractivity contribution >= 4 is 21.6 Å². The third-order valence-corrected chi connectivity index (χ3v) is 3.85. The summed E-state index contributed by atoms with van der Waals surface area (Å²) in [7, 11) is 0. The average molecular weight is 353 g/mol. The van der Waals surface area contributed by atoms with Crippen LogP contribution in [0.2, 0.25) is 0 Å². The van der Waals surface area contributed by atoms with Gasteiger partial charge in [0.25, 0.3) is 0 Å². The van der Waals surface area contributed by atoms with Crippen LogP contribution in [-0.4, -0.2) is 24.8 Å². The van der Waals surface area contributed by atoms with Gasteiger partial charge in [-0.3, -0.25) is 0 Å². The Labute approximate surface area is 123 Å². The van der Waals surface area contributed by atoms with Gasteiger partial charge in [0, 0.05) is 22.8 Å². The number of anilines is 1. The van der Waals surface area contributed by atoms with Crippen molar-refractivity contribution in [1.29, 1.82) is 0 Å².